The van der Waals surface area contributed by atoms with Crippen molar-refractivity contribution in [2.24, 2.45) is 0 Å². The Morgan fingerprint density at radius 2 is 2.19 bits per heavy atom. The molecule has 1 heterocycles. The fourth-order valence-electron chi connectivity index (χ4n) is 1.93. The average Bonchev–Trinajstić information content (AvgIpc) is 2.49. The predicted octanol–water partition coefficient (Wildman–Crippen LogP) is 2.95. The number of hydrogen-bond acceptors (Lipinski definition) is 3. The third kappa shape index (κ3) is 1.94. The van der Waals surface area contributed by atoms with Crippen molar-refractivity contribution < 1.29 is 14.3 Å². The van der Waals surface area contributed by atoms with Crippen LogP contribution >= 0.6 is 15.9 Å². The van der Waals surface area contributed by atoms with Gasteiger partial charge in [0.1, 0.15) is 16.9 Å². The monoisotopic (exact) mass is 284 g/mol. The number of carbonyl (C=O) groups excluding carboxylic acids is 1. The van der Waals surface area contributed by atoms with Gasteiger partial charge in [0.25, 0.3) is 0 Å². The molecule has 0 bridgehead atoms. The minimum Gasteiger partial charge on any atom is -0.486 e. The molecule has 1 aromatic carbocycles. The zero-order valence-corrected chi connectivity index (χ0v) is 11.1. The molecule has 86 valence electrons. The highest BCUT2D eigenvalue weighted by Gasteiger charge is 2.33. The lowest BCUT2D eigenvalue weighted by Gasteiger charge is -2.17. The van der Waals surface area contributed by atoms with E-state index in [9.17, 15) is 4.79 Å². The van der Waals surface area contributed by atoms with E-state index in [1.54, 1.807) is 6.07 Å². The van der Waals surface area contributed by atoms with Gasteiger partial charge in [0.15, 0.2) is 0 Å². The van der Waals surface area contributed by atoms with Gasteiger partial charge in [-0.3, -0.25) is 0 Å². The first-order valence-electron chi connectivity index (χ1n) is 5.03. The van der Waals surface area contributed by atoms with Crippen molar-refractivity contribution in [1.82, 2.24) is 0 Å². The zero-order valence-electron chi connectivity index (χ0n) is 9.46. The number of esters is 1. The van der Waals surface area contributed by atoms with Crippen LogP contribution in [0.5, 0.6) is 5.75 Å². The Morgan fingerprint density at radius 1 is 1.50 bits per heavy atom. The third-order valence-corrected chi connectivity index (χ3v) is 2.99. The summed E-state index contributed by atoms with van der Waals surface area (Å²) in [5.74, 6) is 0.287. The van der Waals surface area contributed by atoms with Gasteiger partial charge in [-0.25, -0.2) is 4.79 Å². The molecule has 0 aromatic heterocycles. The van der Waals surface area contributed by atoms with Gasteiger partial charge in [0.05, 0.1) is 7.11 Å². The van der Waals surface area contributed by atoms with Gasteiger partial charge in [-0.1, -0.05) is 15.9 Å². The Morgan fingerprint density at radius 3 is 2.81 bits per heavy atom. The van der Waals surface area contributed by atoms with Gasteiger partial charge < -0.3 is 9.47 Å². The van der Waals surface area contributed by atoms with Crippen molar-refractivity contribution in [2.45, 2.75) is 25.9 Å². The van der Waals surface area contributed by atoms with Crippen LogP contribution in [-0.4, -0.2) is 18.7 Å². The summed E-state index contributed by atoms with van der Waals surface area (Å²) in [5.41, 5.74) is 1.27. The second-order valence-corrected chi connectivity index (χ2v) is 5.39. The first-order valence-corrected chi connectivity index (χ1v) is 5.82. The van der Waals surface area contributed by atoms with E-state index in [2.05, 4.69) is 15.9 Å². The zero-order chi connectivity index (χ0) is 11.9. The number of methoxy groups -OCH3 is 1. The lowest BCUT2D eigenvalue weighted by atomic mass is 10.0. The molecule has 0 spiro atoms. The molecular weight excluding hydrogens is 272 g/mol. The molecule has 0 aliphatic carbocycles. The van der Waals surface area contributed by atoms with Gasteiger partial charge in [0.2, 0.25) is 0 Å². The summed E-state index contributed by atoms with van der Waals surface area (Å²) in [6.07, 6.45) is 0.797. The fourth-order valence-corrected chi connectivity index (χ4v) is 2.44. The van der Waals surface area contributed by atoms with Crippen molar-refractivity contribution in [3.63, 3.8) is 0 Å². The number of fused-ring (bicyclic) bond motifs is 1. The average molecular weight is 285 g/mol. The van der Waals surface area contributed by atoms with Crippen molar-refractivity contribution >= 4 is 21.9 Å². The van der Waals surface area contributed by atoms with Crippen molar-refractivity contribution in [2.75, 3.05) is 7.11 Å². The van der Waals surface area contributed by atoms with Crippen LogP contribution < -0.4 is 4.74 Å². The highest BCUT2D eigenvalue weighted by Crippen LogP contribution is 2.39. The molecule has 0 fully saturated rings. The summed E-state index contributed by atoms with van der Waals surface area (Å²) in [6.45, 7) is 4.00. The normalized spacial score (nSPS) is 16.5. The third-order valence-electron chi connectivity index (χ3n) is 2.53. The fraction of sp³-hybridized carbons (Fsp3) is 0.417. The second-order valence-electron chi connectivity index (χ2n) is 4.47. The van der Waals surface area contributed by atoms with Crippen LogP contribution in [0.2, 0.25) is 0 Å². The van der Waals surface area contributed by atoms with Crippen molar-refractivity contribution in [3.05, 3.63) is 27.7 Å². The van der Waals surface area contributed by atoms with Crippen molar-refractivity contribution in [3.8, 4) is 5.75 Å². The van der Waals surface area contributed by atoms with E-state index in [0.717, 1.165) is 16.5 Å². The number of halogens is 1. The summed E-state index contributed by atoms with van der Waals surface area (Å²) in [4.78, 5) is 11.6. The minimum absolute atomic E-state index is 0.258. The predicted molar refractivity (Wildman–Crippen MR) is 63.9 cm³/mol. The molecular formula is C12H13BrO3. The first kappa shape index (κ1) is 11.5. The largest absolute Gasteiger partial charge is 0.486 e. The Balaban J connectivity index is 2.53. The van der Waals surface area contributed by atoms with Gasteiger partial charge >= 0.3 is 5.97 Å². The Labute approximate surface area is 103 Å². The second kappa shape index (κ2) is 3.77. The standard InChI is InChI=1S/C12H13BrO3/c1-12(2)6-7-4-8(13)5-9(10(7)16-12)11(14)15-3/h4-5H,6H2,1-3H3. The molecule has 0 radical (unpaired) electrons. The molecule has 1 aliphatic heterocycles. The van der Waals surface area contributed by atoms with E-state index in [1.807, 2.05) is 19.9 Å². The molecule has 2 rings (SSSR count). The number of carbonyl (C=O) groups is 1. The molecule has 0 saturated carbocycles. The molecule has 0 unspecified atom stereocenters. The SMILES string of the molecule is COC(=O)c1cc(Br)cc2c1OC(C)(C)C2. The van der Waals surface area contributed by atoms with E-state index in [4.69, 9.17) is 9.47 Å². The lowest BCUT2D eigenvalue weighted by Crippen LogP contribution is -2.25. The summed E-state index contributed by atoms with van der Waals surface area (Å²) in [6, 6.07) is 3.71. The van der Waals surface area contributed by atoms with Gasteiger partial charge in [-0.2, -0.15) is 0 Å². The van der Waals surface area contributed by atoms with Gasteiger partial charge in [-0.05, 0) is 26.0 Å². The molecule has 3 nitrogen and oxygen atoms in total. The van der Waals surface area contributed by atoms with Crippen LogP contribution in [0.3, 0.4) is 0 Å². The summed E-state index contributed by atoms with van der Waals surface area (Å²) in [5, 5.41) is 0. The minimum atomic E-state index is -0.366. The molecule has 1 aromatic rings. The van der Waals surface area contributed by atoms with Crippen LogP contribution in [0.25, 0.3) is 0 Å². The maximum Gasteiger partial charge on any atom is 0.341 e. The smallest absolute Gasteiger partial charge is 0.341 e. The molecule has 1 aliphatic rings. The molecule has 0 N–H and O–H groups in total. The Kier molecular flexibility index (Phi) is 2.70. The van der Waals surface area contributed by atoms with E-state index in [-0.39, 0.29) is 11.6 Å². The van der Waals surface area contributed by atoms with Gasteiger partial charge in [-0.15, -0.1) is 0 Å². The van der Waals surface area contributed by atoms with Crippen LogP contribution in [0.4, 0.5) is 0 Å². The van der Waals surface area contributed by atoms with E-state index >= 15 is 0 Å². The maximum absolute atomic E-state index is 11.6. The number of ether oxygens (including phenoxy) is 2. The number of benzene rings is 1. The Hall–Kier alpha value is -1.03. The van der Waals surface area contributed by atoms with Crippen LogP contribution in [0, 0.1) is 0 Å². The highest BCUT2D eigenvalue weighted by atomic mass is 79.9. The van der Waals surface area contributed by atoms with Crippen LogP contribution in [0.1, 0.15) is 29.8 Å². The summed E-state index contributed by atoms with van der Waals surface area (Å²) < 4.78 is 11.4. The van der Waals surface area contributed by atoms with Crippen molar-refractivity contribution in [1.29, 1.82) is 0 Å². The quantitative estimate of drug-likeness (QED) is 0.744. The molecule has 0 amide bonds. The lowest BCUT2D eigenvalue weighted by molar-refractivity contribution is 0.0590. The highest BCUT2D eigenvalue weighted by molar-refractivity contribution is 9.10. The Bertz CT molecular complexity index is 452. The summed E-state index contributed by atoms with van der Waals surface area (Å²) >= 11 is 3.39. The molecule has 0 saturated heterocycles. The molecule has 16 heavy (non-hydrogen) atoms. The maximum atomic E-state index is 11.6. The van der Waals surface area contributed by atoms with E-state index in [0.29, 0.717) is 11.3 Å². The summed E-state index contributed by atoms with van der Waals surface area (Å²) in [7, 11) is 1.37. The first-order chi connectivity index (χ1) is 7.43. The molecule has 4 heteroatoms. The van der Waals surface area contributed by atoms with E-state index in [1.165, 1.54) is 7.11 Å². The van der Waals surface area contributed by atoms with Gasteiger partial charge in [0, 0.05) is 16.5 Å². The van der Waals surface area contributed by atoms with Crippen LogP contribution in [0.15, 0.2) is 16.6 Å². The van der Waals surface area contributed by atoms with Crippen LogP contribution in [-0.2, 0) is 11.2 Å². The number of hydrogen-bond donors (Lipinski definition) is 0. The topological polar surface area (TPSA) is 35.5 Å². The number of rotatable bonds is 1. The molecule has 0 atom stereocenters. The van der Waals surface area contributed by atoms with E-state index < -0.39 is 0 Å².